The summed E-state index contributed by atoms with van der Waals surface area (Å²) in [6.07, 6.45) is 3.17. The number of piperidine rings is 1. The van der Waals surface area contributed by atoms with Crippen molar-refractivity contribution in [2.75, 3.05) is 6.54 Å². The van der Waals surface area contributed by atoms with E-state index in [0.29, 0.717) is 18.9 Å². The van der Waals surface area contributed by atoms with Crippen LogP contribution in [0.25, 0.3) is 0 Å². The van der Waals surface area contributed by atoms with E-state index in [1.165, 1.54) is 11.0 Å². The smallest absolute Gasteiger partial charge is 0.326 e. The number of rotatable bonds is 3. The fourth-order valence-corrected chi connectivity index (χ4v) is 1.91. The van der Waals surface area contributed by atoms with Gasteiger partial charge in [-0.15, -0.1) is 6.58 Å². The van der Waals surface area contributed by atoms with Crippen molar-refractivity contribution in [1.82, 2.24) is 4.90 Å². The van der Waals surface area contributed by atoms with Crippen LogP contribution in [-0.4, -0.2) is 34.5 Å². The van der Waals surface area contributed by atoms with Crippen LogP contribution < -0.4 is 0 Å². The summed E-state index contributed by atoms with van der Waals surface area (Å²) in [6, 6.07) is -0.652. The molecular weight excluding hydrogens is 194 g/mol. The fraction of sp³-hybridized carbons (Fsp3) is 0.636. The molecule has 15 heavy (non-hydrogen) atoms. The van der Waals surface area contributed by atoms with Gasteiger partial charge in [-0.05, 0) is 18.8 Å². The zero-order valence-electron chi connectivity index (χ0n) is 8.98. The molecule has 1 rings (SSSR count). The lowest BCUT2D eigenvalue weighted by molar-refractivity contribution is -0.152. The third-order valence-corrected chi connectivity index (χ3v) is 2.79. The Balaban J connectivity index is 2.72. The molecule has 1 aliphatic heterocycles. The second-order valence-electron chi connectivity index (χ2n) is 4.06. The molecule has 0 aliphatic carbocycles. The molecule has 1 heterocycles. The van der Waals surface area contributed by atoms with Crippen LogP contribution in [0.3, 0.4) is 0 Å². The molecule has 1 N–H and O–H groups in total. The van der Waals surface area contributed by atoms with E-state index in [1.54, 1.807) is 0 Å². The number of aliphatic carboxylic acids is 1. The van der Waals surface area contributed by atoms with E-state index in [-0.39, 0.29) is 12.3 Å². The van der Waals surface area contributed by atoms with Crippen molar-refractivity contribution in [3.8, 4) is 0 Å². The first kappa shape index (κ1) is 11.8. The molecule has 2 atom stereocenters. The van der Waals surface area contributed by atoms with Gasteiger partial charge in [-0.2, -0.15) is 0 Å². The Labute approximate surface area is 89.6 Å². The molecule has 4 nitrogen and oxygen atoms in total. The summed E-state index contributed by atoms with van der Waals surface area (Å²) >= 11 is 0. The monoisotopic (exact) mass is 211 g/mol. The van der Waals surface area contributed by atoms with Gasteiger partial charge in [0.2, 0.25) is 5.91 Å². The van der Waals surface area contributed by atoms with Crippen LogP contribution >= 0.6 is 0 Å². The molecule has 0 saturated carbocycles. The third kappa shape index (κ3) is 2.81. The lowest BCUT2D eigenvalue weighted by Crippen LogP contribution is -2.49. The van der Waals surface area contributed by atoms with Crippen molar-refractivity contribution < 1.29 is 14.7 Å². The normalized spacial score (nSPS) is 26.1. The number of carbonyl (C=O) groups excluding carboxylic acids is 1. The highest BCUT2D eigenvalue weighted by atomic mass is 16.4. The van der Waals surface area contributed by atoms with Crippen LogP contribution in [0.4, 0.5) is 0 Å². The van der Waals surface area contributed by atoms with E-state index >= 15 is 0 Å². The first-order valence-corrected chi connectivity index (χ1v) is 5.19. The maximum Gasteiger partial charge on any atom is 0.326 e. The topological polar surface area (TPSA) is 57.6 Å². The number of hydrogen-bond acceptors (Lipinski definition) is 2. The number of carboxylic acids is 1. The second kappa shape index (κ2) is 4.96. The highest BCUT2D eigenvalue weighted by Crippen LogP contribution is 2.23. The molecule has 0 spiro atoms. The van der Waals surface area contributed by atoms with Crippen molar-refractivity contribution in [2.24, 2.45) is 5.92 Å². The number of carboxylic acid groups (broad SMARTS) is 1. The van der Waals surface area contributed by atoms with E-state index in [0.717, 1.165) is 6.42 Å². The Kier molecular flexibility index (Phi) is 3.88. The average molecular weight is 211 g/mol. The zero-order chi connectivity index (χ0) is 11.4. The largest absolute Gasteiger partial charge is 0.480 e. The molecule has 1 amide bonds. The molecule has 0 bridgehead atoms. The SMILES string of the molecule is C=CCC(=O)N1CCC(C)CC1C(=O)O. The second-order valence-corrected chi connectivity index (χ2v) is 4.06. The minimum Gasteiger partial charge on any atom is -0.480 e. The Morgan fingerprint density at radius 1 is 1.60 bits per heavy atom. The van der Waals surface area contributed by atoms with E-state index < -0.39 is 12.0 Å². The molecule has 84 valence electrons. The standard InChI is InChI=1S/C11H17NO3/c1-3-4-10(13)12-6-5-8(2)7-9(12)11(14)15/h3,8-9H,1,4-7H2,2H3,(H,14,15). The van der Waals surface area contributed by atoms with Crippen LogP contribution in [0, 0.1) is 5.92 Å². The molecule has 0 radical (unpaired) electrons. The minimum absolute atomic E-state index is 0.135. The lowest BCUT2D eigenvalue weighted by atomic mass is 9.92. The van der Waals surface area contributed by atoms with Gasteiger partial charge in [0.25, 0.3) is 0 Å². The molecule has 1 fully saturated rings. The van der Waals surface area contributed by atoms with Crippen molar-refractivity contribution >= 4 is 11.9 Å². The summed E-state index contributed by atoms with van der Waals surface area (Å²) < 4.78 is 0. The molecule has 0 aromatic heterocycles. The van der Waals surface area contributed by atoms with Gasteiger partial charge < -0.3 is 10.0 Å². The Morgan fingerprint density at radius 3 is 2.80 bits per heavy atom. The minimum atomic E-state index is -0.904. The maximum atomic E-state index is 11.6. The summed E-state index contributed by atoms with van der Waals surface area (Å²) in [7, 11) is 0. The number of likely N-dealkylation sites (tertiary alicyclic amines) is 1. The molecule has 2 unspecified atom stereocenters. The van der Waals surface area contributed by atoms with Crippen LogP contribution in [0.15, 0.2) is 12.7 Å². The van der Waals surface area contributed by atoms with E-state index in [4.69, 9.17) is 5.11 Å². The van der Waals surface area contributed by atoms with E-state index in [2.05, 4.69) is 6.58 Å². The van der Waals surface area contributed by atoms with Gasteiger partial charge >= 0.3 is 5.97 Å². The van der Waals surface area contributed by atoms with Crippen molar-refractivity contribution in [2.45, 2.75) is 32.2 Å². The molecule has 0 aromatic rings. The summed E-state index contributed by atoms with van der Waals surface area (Å²) in [5, 5.41) is 9.02. The van der Waals surface area contributed by atoms with Gasteiger partial charge in [0.15, 0.2) is 0 Å². The first-order valence-electron chi connectivity index (χ1n) is 5.19. The Hall–Kier alpha value is -1.32. The summed E-state index contributed by atoms with van der Waals surface area (Å²) in [4.78, 5) is 24.1. The molecule has 1 aliphatic rings. The number of carbonyl (C=O) groups is 2. The van der Waals surface area contributed by atoms with Gasteiger partial charge in [0.1, 0.15) is 6.04 Å². The first-order chi connectivity index (χ1) is 7.06. The zero-order valence-corrected chi connectivity index (χ0v) is 8.98. The highest BCUT2D eigenvalue weighted by molar-refractivity contribution is 5.84. The number of nitrogens with zero attached hydrogens (tertiary/aromatic N) is 1. The van der Waals surface area contributed by atoms with Crippen LogP contribution in [0.2, 0.25) is 0 Å². The van der Waals surface area contributed by atoms with Gasteiger partial charge in [-0.1, -0.05) is 13.0 Å². The van der Waals surface area contributed by atoms with Crippen molar-refractivity contribution in [3.63, 3.8) is 0 Å². The Morgan fingerprint density at radius 2 is 2.27 bits per heavy atom. The quantitative estimate of drug-likeness (QED) is 0.715. The third-order valence-electron chi connectivity index (χ3n) is 2.79. The number of amides is 1. The summed E-state index contributed by atoms with van der Waals surface area (Å²) in [5.41, 5.74) is 0. The highest BCUT2D eigenvalue weighted by Gasteiger charge is 2.33. The average Bonchev–Trinajstić information content (AvgIpc) is 2.17. The maximum absolute atomic E-state index is 11.6. The van der Waals surface area contributed by atoms with Crippen LogP contribution in [-0.2, 0) is 9.59 Å². The van der Waals surface area contributed by atoms with Crippen LogP contribution in [0.1, 0.15) is 26.2 Å². The molecule has 0 aromatic carbocycles. The van der Waals surface area contributed by atoms with Crippen molar-refractivity contribution in [3.05, 3.63) is 12.7 Å². The molecule has 4 heteroatoms. The van der Waals surface area contributed by atoms with Gasteiger partial charge in [0.05, 0.1) is 0 Å². The van der Waals surface area contributed by atoms with Crippen molar-refractivity contribution in [1.29, 1.82) is 0 Å². The molecular formula is C11H17NO3. The van der Waals surface area contributed by atoms with Gasteiger partial charge in [-0.3, -0.25) is 4.79 Å². The number of hydrogen-bond donors (Lipinski definition) is 1. The van der Waals surface area contributed by atoms with E-state index in [1.807, 2.05) is 6.92 Å². The lowest BCUT2D eigenvalue weighted by Gasteiger charge is -2.35. The predicted octanol–water partition coefficient (Wildman–Crippen LogP) is 1.27. The van der Waals surface area contributed by atoms with Gasteiger partial charge in [0, 0.05) is 13.0 Å². The summed E-state index contributed by atoms with van der Waals surface area (Å²) in [6.45, 7) is 6.05. The molecule has 1 saturated heterocycles. The summed E-state index contributed by atoms with van der Waals surface area (Å²) in [5.74, 6) is -0.665. The predicted molar refractivity (Wildman–Crippen MR) is 56.3 cm³/mol. The Bertz CT molecular complexity index is 275. The van der Waals surface area contributed by atoms with Crippen LogP contribution in [0.5, 0.6) is 0 Å². The van der Waals surface area contributed by atoms with Gasteiger partial charge in [-0.25, -0.2) is 4.79 Å². The fourth-order valence-electron chi connectivity index (χ4n) is 1.91. The van der Waals surface area contributed by atoms with E-state index in [9.17, 15) is 9.59 Å².